The molecule has 0 spiro atoms. The van der Waals surface area contributed by atoms with E-state index in [4.69, 9.17) is 32.8 Å². The standard InChI is InChI=1S/C22H16Cl2N2O3S/c23-17-7-4-8-18(24)20(17)21-22(15-9-11-16(12-10-15)30(25,27)28)29-19(26-21)13-14-5-2-1-3-6-14/h1-12H,13H2,(H2,25,27,28). The summed E-state index contributed by atoms with van der Waals surface area (Å²) in [5, 5.41) is 6.07. The maximum atomic E-state index is 11.6. The van der Waals surface area contributed by atoms with Crippen molar-refractivity contribution in [2.24, 2.45) is 5.14 Å². The van der Waals surface area contributed by atoms with Crippen LogP contribution in [0.5, 0.6) is 0 Å². The Balaban J connectivity index is 1.85. The fourth-order valence-corrected chi connectivity index (χ4v) is 4.19. The first-order valence-corrected chi connectivity index (χ1v) is 11.2. The monoisotopic (exact) mass is 458 g/mol. The molecule has 4 rings (SSSR count). The number of aromatic nitrogens is 1. The van der Waals surface area contributed by atoms with Gasteiger partial charge in [-0.2, -0.15) is 0 Å². The van der Waals surface area contributed by atoms with Crippen molar-refractivity contribution in [2.75, 3.05) is 0 Å². The fourth-order valence-electron chi connectivity index (χ4n) is 3.10. The Kier molecular flexibility index (Phi) is 5.66. The highest BCUT2D eigenvalue weighted by Crippen LogP contribution is 2.40. The van der Waals surface area contributed by atoms with Crippen molar-refractivity contribution in [2.45, 2.75) is 11.3 Å². The summed E-state index contributed by atoms with van der Waals surface area (Å²) < 4.78 is 29.2. The average Bonchev–Trinajstić information content (AvgIpc) is 3.11. The molecule has 1 heterocycles. The number of nitrogens with zero attached hydrogens (tertiary/aromatic N) is 1. The van der Waals surface area contributed by atoms with E-state index in [2.05, 4.69) is 4.98 Å². The molecule has 0 radical (unpaired) electrons. The lowest BCUT2D eigenvalue weighted by Crippen LogP contribution is -2.11. The third kappa shape index (κ3) is 4.27. The summed E-state index contributed by atoms with van der Waals surface area (Å²) in [6.45, 7) is 0. The number of oxazole rings is 1. The van der Waals surface area contributed by atoms with Gasteiger partial charge in [0, 0.05) is 17.5 Å². The van der Waals surface area contributed by atoms with Crippen LogP contribution < -0.4 is 5.14 Å². The highest BCUT2D eigenvalue weighted by atomic mass is 35.5. The maximum Gasteiger partial charge on any atom is 0.238 e. The molecule has 0 amide bonds. The predicted molar refractivity (Wildman–Crippen MR) is 118 cm³/mol. The molecule has 0 aliphatic carbocycles. The number of halogens is 2. The van der Waals surface area contributed by atoms with E-state index in [1.54, 1.807) is 30.3 Å². The Morgan fingerprint density at radius 3 is 2.10 bits per heavy atom. The molecule has 152 valence electrons. The van der Waals surface area contributed by atoms with Gasteiger partial charge in [-0.3, -0.25) is 0 Å². The van der Waals surface area contributed by atoms with Crippen molar-refractivity contribution in [3.05, 3.63) is 94.3 Å². The average molecular weight is 459 g/mol. The molecule has 4 aromatic rings. The van der Waals surface area contributed by atoms with Crippen molar-refractivity contribution < 1.29 is 12.8 Å². The molecule has 2 N–H and O–H groups in total. The molecule has 1 aromatic heterocycles. The largest absolute Gasteiger partial charge is 0.440 e. The summed E-state index contributed by atoms with van der Waals surface area (Å²) in [6, 6.07) is 21.0. The lowest BCUT2D eigenvalue weighted by Gasteiger charge is -2.06. The topological polar surface area (TPSA) is 86.2 Å². The van der Waals surface area contributed by atoms with Gasteiger partial charge < -0.3 is 4.42 Å². The number of hydrogen-bond donors (Lipinski definition) is 1. The molecule has 0 saturated carbocycles. The summed E-state index contributed by atoms with van der Waals surface area (Å²) in [4.78, 5) is 4.67. The van der Waals surface area contributed by atoms with Gasteiger partial charge in [0.15, 0.2) is 11.7 Å². The molecule has 0 bridgehead atoms. The quantitative estimate of drug-likeness (QED) is 0.424. The highest BCUT2D eigenvalue weighted by molar-refractivity contribution is 7.89. The van der Waals surface area contributed by atoms with E-state index in [0.29, 0.717) is 44.9 Å². The highest BCUT2D eigenvalue weighted by Gasteiger charge is 2.22. The molecule has 0 fully saturated rings. The Bertz CT molecular complexity index is 1280. The minimum Gasteiger partial charge on any atom is -0.440 e. The van der Waals surface area contributed by atoms with E-state index in [-0.39, 0.29) is 4.90 Å². The van der Waals surface area contributed by atoms with Crippen LogP contribution in [0.4, 0.5) is 0 Å². The molecular formula is C22H16Cl2N2O3S. The van der Waals surface area contributed by atoms with E-state index in [1.807, 2.05) is 30.3 Å². The zero-order valence-corrected chi connectivity index (χ0v) is 17.9. The Hall–Kier alpha value is -2.64. The molecule has 0 aliphatic rings. The van der Waals surface area contributed by atoms with Crippen molar-refractivity contribution in [1.29, 1.82) is 0 Å². The number of primary sulfonamides is 1. The first-order chi connectivity index (χ1) is 14.3. The summed E-state index contributed by atoms with van der Waals surface area (Å²) in [6.07, 6.45) is 0.477. The predicted octanol–water partition coefficient (Wildman–Crippen LogP) is 5.55. The molecule has 0 atom stereocenters. The molecule has 0 unspecified atom stereocenters. The van der Waals surface area contributed by atoms with Crippen molar-refractivity contribution in [3.63, 3.8) is 0 Å². The summed E-state index contributed by atoms with van der Waals surface area (Å²) in [5.74, 6) is 0.926. The van der Waals surface area contributed by atoms with Gasteiger partial charge in [0.25, 0.3) is 0 Å². The summed E-state index contributed by atoms with van der Waals surface area (Å²) >= 11 is 12.8. The second kappa shape index (κ2) is 8.24. The number of rotatable bonds is 5. The summed E-state index contributed by atoms with van der Waals surface area (Å²) in [5.41, 5.74) is 2.70. The SMILES string of the molecule is NS(=O)(=O)c1ccc(-c2oc(Cc3ccccc3)nc2-c2c(Cl)cccc2Cl)cc1. The van der Waals surface area contributed by atoms with Crippen molar-refractivity contribution in [3.8, 4) is 22.6 Å². The summed E-state index contributed by atoms with van der Waals surface area (Å²) in [7, 11) is -3.80. The second-order valence-corrected chi connectivity index (χ2v) is 8.99. The molecule has 5 nitrogen and oxygen atoms in total. The van der Waals surface area contributed by atoms with Crippen LogP contribution >= 0.6 is 23.2 Å². The van der Waals surface area contributed by atoms with Crippen LogP contribution in [0.25, 0.3) is 22.6 Å². The second-order valence-electron chi connectivity index (χ2n) is 6.61. The number of benzene rings is 3. The van der Waals surface area contributed by atoms with Gasteiger partial charge in [-0.15, -0.1) is 0 Å². The number of nitrogens with two attached hydrogens (primary N) is 1. The normalized spacial score (nSPS) is 11.6. The third-order valence-electron chi connectivity index (χ3n) is 4.51. The van der Waals surface area contributed by atoms with Gasteiger partial charge in [0.05, 0.1) is 14.9 Å². The Morgan fingerprint density at radius 1 is 0.867 bits per heavy atom. The van der Waals surface area contributed by atoms with Gasteiger partial charge in [-0.25, -0.2) is 18.5 Å². The van der Waals surface area contributed by atoms with Crippen LogP contribution in [0.3, 0.4) is 0 Å². The van der Waals surface area contributed by atoms with Gasteiger partial charge in [-0.05, 0) is 42.0 Å². The van der Waals surface area contributed by atoms with E-state index in [0.717, 1.165) is 5.56 Å². The van der Waals surface area contributed by atoms with E-state index < -0.39 is 10.0 Å². The smallest absolute Gasteiger partial charge is 0.238 e. The minimum absolute atomic E-state index is 0.00704. The molecule has 8 heteroatoms. The molecule has 3 aromatic carbocycles. The van der Waals surface area contributed by atoms with Crippen molar-refractivity contribution >= 4 is 33.2 Å². The van der Waals surface area contributed by atoms with Crippen LogP contribution in [-0.2, 0) is 16.4 Å². The van der Waals surface area contributed by atoms with Crippen LogP contribution in [0.2, 0.25) is 10.0 Å². The number of sulfonamides is 1. The van der Waals surface area contributed by atoms with Gasteiger partial charge in [-0.1, -0.05) is 59.6 Å². The van der Waals surface area contributed by atoms with Gasteiger partial charge in [0.2, 0.25) is 10.0 Å². The molecule has 0 aliphatic heterocycles. The van der Waals surface area contributed by atoms with Gasteiger partial charge >= 0.3 is 0 Å². The third-order valence-corrected chi connectivity index (χ3v) is 6.07. The van der Waals surface area contributed by atoms with Crippen LogP contribution in [-0.4, -0.2) is 13.4 Å². The van der Waals surface area contributed by atoms with Crippen LogP contribution in [0.15, 0.2) is 82.1 Å². The van der Waals surface area contributed by atoms with Crippen LogP contribution in [0, 0.1) is 0 Å². The van der Waals surface area contributed by atoms with Crippen molar-refractivity contribution in [1.82, 2.24) is 4.98 Å². The molecular weight excluding hydrogens is 443 g/mol. The lowest BCUT2D eigenvalue weighted by atomic mass is 10.1. The van der Waals surface area contributed by atoms with E-state index >= 15 is 0 Å². The Labute approximate surface area is 184 Å². The van der Waals surface area contributed by atoms with E-state index in [9.17, 15) is 8.42 Å². The fraction of sp³-hybridized carbons (Fsp3) is 0.0455. The molecule has 30 heavy (non-hydrogen) atoms. The van der Waals surface area contributed by atoms with Crippen LogP contribution in [0.1, 0.15) is 11.5 Å². The first kappa shape index (κ1) is 20.6. The zero-order chi connectivity index (χ0) is 21.3. The first-order valence-electron chi connectivity index (χ1n) is 8.94. The number of hydrogen-bond acceptors (Lipinski definition) is 4. The minimum atomic E-state index is -3.80. The molecule has 0 saturated heterocycles. The Morgan fingerprint density at radius 2 is 1.50 bits per heavy atom. The van der Waals surface area contributed by atoms with Gasteiger partial charge in [0.1, 0.15) is 5.69 Å². The lowest BCUT2D eigenvalue weighted by molar-refractivity contribution is 0.519. The zero-order valence-electron chi connectivity index (χ0n) is 15.5. The van der Waals surface area contributed by atoms with E-state index in [1.165, 1.54) is 12.1 Å². The maximum absolute atomic E-state index is 11.6.